The van der Waals surface area contributed by atoms with Gasteiger partial charge in [-0.2, -0.15) is 0 Å². The van der Waals surface area contributed by atoms with Gasteiger partial charge in [0.1, 0.15) is 0 Å². The molecule has 1 aliphatic heterocycles. The molecule has 2 fully saturated rings. The molecule has 2 aliphatic rings. The fourth-order valence-electron chi connectivity index (χ4n) is 4.16. The molecule has 0 unspecified atom stereocenters. The van der Waals surface area contributed by atoms with Crippen LogP contribution in [-0.4, -0.2) is 42.4 Å². The Morgan fingerprint density at radius 1 is 1.24 bits per heavy atom. The van der Waals surface area contributed by atoms with Gasteiger partial charge in [0.25, 0.3) is 5.91 Å². The summed E-state index contributed by atoms with van der Waals surface area (Å²) >= 11 is 0. The zero-order valence-corrected chi connectivity index (χ0v) is 14.8. The SMILES string of the molecule is NCC1(CC(=O)NC2CCN(C(=O)c3ccco3)CC2)CCCCC1. The van der Waals surface area contributed by atoms with Crippen molar-refractivity contribution in [3.8, 4) is 0 Å². The molecule has 0 bridgehead atoms. The van der Waals surface area contributed by atoms with Crippen LogP contribution in [0.3, 0.4) is 0 Å². The minimum Gasteiger partial charge on any atom is -0.459 e. The van der Waals surface area contributed by atoms with Crippen LogP contribution in [-0.2, 0) is 4.79 Å². The third-order valence-corrected chi connectivity index (χ3v) is 5.76. The van der Waals surface area contributed by atoms with Crippen LogP contribution >= 0.6 is 0 Å². The monoisotopic (exact) mass is 347 g/mol. The van der Waals surface area contributed by atoms with E-state index in [4.69, 9.17) is 10.2 Å². The fourth-order valence-corrected chi connectivity index (χ4v) is 4.16. The molecule has 2 heterocycles. The Balaban J connectivity index is 1.45. The van der Waals surface area contributed by atoms with E-state index in [-0.39, 0.29) is 23.3 Å². The summed E-state index contributed by atoms with van der Waals surface area (Å²) in [4.78, 5) is 26.5. The van der Waals surface area contributed by atoms with E-state index in [1.54, 1.807) is 17.0 Å². The lowest BCUT2D eigenvalue weighted by molar-refractivity contribution is -0.124. The number of carbonyl (C=O) groups excluding carboxylic acids is 2. The summed E-state index contributed by atoms with van der Waals surface area (Å²) in [5.41, 5.74) is 5.98. The van der Waals surface area contributed by atoms with Gasteiger partial charge >= 0.3 is 0 Å². The number of nitrogens with zero attached hydrogens (tertiary/aromatic N) is 1. The van der Waals surface area contributed by atoms with Gasteiger partial charge in [-0.25, -0.2) is 0 Å². The quantitative estimate of drug-likeness (QED) is 0.855. The van der Waals surface area contributed by atoms with Crippen LogP contribution in [0.5, 0.6) is 0 Å². The number of likely N-dealkylation sites (tertiary alicyclic amines) is 1. The number of nitrogens with two attached hydrogens (primary N) is 1. The molecular formula is C19H29N3O3. The minimum absolute atomic E-state index is 0.00170. The molecule has 3 N–H and O–H groups in total. The van der Waals surface area contributed by atoms with Crippen LogP contribution in [0, 0.1) is 5.41 Å². The second-order valence-corrected chi connectivity index (χ2v) is 7.55. The lowest BCUT2D eigenvalue weighted by Crippen LogP contribution is -2.48. The molecule has 1 saturated heterocycles. The normalized spacial score (nSPS) is 21.1. The van der Waals surface area contributed by atoms with Crippen molar-refractivity contribution in [3.05, 3.63) is 24.2 Å². The molecule has 6 nitrogen and oxygen atoms in total. The molecular weight excluding hydrogens is 318 g/mol. The van der Waals surface area contributed by atoms with Gasteiger partial charge in [0.15, 0.2) is 5.76 Å². The van der Waals surface area contributed by atoms with Gasteiger partial charge in [-0.05, 0) is 49.8 Å². The number of amides is 2. The highest BCUT2D eigenvalue weighted by Gasteiger charge is 2.34. The fraction of sp³-hybridized carbons (Fsp3) is 0.684. The molecule has 0 spiro atoms. The predicted octanol–water partition coefficient (Wildman–Crippen LogP) is 2.30. The van der Waals surface area contributed by atoms with Gasteiger partial charge in [-0.3, -0.25) is 9.59 Å². The number of nitrogens with one attached hydrogen (secondary N) is 1. The van der Waals surface area contributed by atoms with Crippen LogP contribution in [0.1, 0.15) is 61.9 Å². The number of carbonyl (C=O) groups is 2. The van der Waals surface area contributed by atoms with Gasteiger partial charge in [-0.1, -0.05) is 19.3 Å². The van der Waals surface area contributed by atoms with E-state index in [0.29, 0.717) is 31.8 Å². The maximum atomic E-state index is 12.5. The predicted molar refractivity (Wildman–Crippen MR) is 95.0 cm³/mol. The average molecular weight is 347 g/mol. The van der Waals surface area contributed by atoms with Crippen molar-refractivity contribution in [3.63, 3.8) is 0 Å². The molecule has 0 radical (unpaired) electrons. The molecule has 0 aromatic carbocycles. The number of rotatable bonds is 5. The smallest absolute Gasteiger partial charge is 0.289 e. The van der Waals surface area contributed by atoms with Gasteiger partial charge in [0.2, 0.25) is 5.91 Å². The molecule has 1 aromatic rings. The molecule has 1 aliphatic carbocycles. The Morgan fingerprint density at radius 3 is 2.56 bits per heavy atom. The van der Waals surface area contributed by atoms with E-state index in [2.05, 4.69) is 5.32 Å². The highest BCUT2D eigenvalue weighted by atomic mass is 16.3. The zero-order chi connectivity index (χ0) is 17.7. The van der Waals surface area contributed by atoms with Crippen molar-refractivity contribution >= 4 is 11.8 Å². The molecule has 25 heavy (non-hydrogen) atoms. The van der Waals surface area contributed by atoms with Crippen molar-refractivity contribution in [1.29, 1.82) is 0 Å². The standard InChI is InChI=1S/C19H29N3O3/c20-14-19(8-2-1-3-9-19)13-17(23)21-15-6-10-22(11-7-15)18(24)16-5-4-12-25-16/h4-5,12,15H,1-3,6-11,13-14,20H2,(H,21,23). The minimum atomic E-state index is -0.0703. The largest absolute Gasteiger partial charge is 0.459 e. The first-order chi connectivity index (χ1) is 12.1. The Bertz CT molecular complexity index is 571. The number of hydrogen-bond donors (Lipinski definition) is 2. The maximum Gasteiger partial charge on any atom is 0.289 e. The molecule has 2 amide bonds. The van der Waals surface area contributed by atoms with E-state index in [0.717, 1.165) is 25.7 Å². The summed E-state index contributed by atoms with van der Waals surface area (Å²) in [5, 5.41) is 3.16. The Labute approximate surface area is 149 Å². The van der Waals surface area contributed by atoms with Gasteiger partial charge < -0.3 is 20.4 Å². The van der Waals surface area contributed by atoms with Crippen molar-refractivity contribution in [2.45, 2.75) is 57.4 Å². The van der Waals surface area contributed by atoms with Crippen LogP contribution in [0.25, 0.3) is 0 Å². The number of furan rings is 1. The number of hydrogen-bond acceptors (Lipinski definition) is 4. The first-order valence-corrected chi connectivity index (χ1v) is 9.44. The lowest BCUT2D eigenvalue weighted by Gasteiger charge is -2.37. The second-order valence-electron chi connectivity index (χ2n) is 7.55. The molecule has 1 saturated carbocycles. The summed E-state index contributed by atoms with van der Waals surface area (Å²) < 4.78 is 5.18. The zero-order valence-electron chi connectivity index (χ0n) is 14.8. The van der Waals surface area contributed by atoms with E-state index in [1.165, 1.54) is 25.5 Å². The number of piperidine rings is 1. The Morgan fingerprint density at radius 2 is 1.96 bits per heavy atom. The molecule has 1 aromatic heterocycles. The van der Waals surface area contributed by atoms with Gasteiger partial charge in [-0.15, -0.1) is 0 Å². The lowest BCUT2D eigenvalue weighted by atomic mass is 9.71. The average Bonchev–Trinajstić information content (AvgIpc) is 3.17. The molecule has 3 rings (SSSR count). The summed E-state index contributed by atoms with van der Waals surface area (Å²) in [7, 11) is 0. The van der Waals surface area contributed by atoms with Gasteiger partial charge in [0.05, 0.1) is 6.26 Å². The maximum absolute atomic E-state index is 12.5. The molecule has 0 atom stereocenters. The Kier molecular flexibility index (Phi) is 5.78. The van der Waals surface area contributed by atoms with E-state index < -0.39 is 0 Å². The van der Waals surface area contributed by atoms with Crippen molar-refractivity contribution in [1.82, 2.24) is 10.2 Å². The molecule has 6 heteroatoms. The highest BCUT2D eigenvalue weighted by molar-refractivity contribution is 5.91. The summed E-state index contributed by atoms with van der Waals surface area (Å²) in [5.74, 6) is 0.423. The Hall–Kier alpha value is -1.82. The van der Waals surface area contributed by atoms with Crippen LogP contribution < -0.4 is 11.1 Å². The first-order valence-electron chi connectivity index (χ1n) is 9.44. The molecule has 138 valence electrons. The van der Waals surface area contributed by atoms with E-state index in [1.807, 2.05) is 0 Å². The summed E-state index contributed by atoms with van der Waals surface area (Å²) in [6.45, 7) is 1.88. The highest BCUT2D eigenvalue weighted by Crippen LogP contribution is 2.38. The topological polar surface area (TPSA) is 88.6 Å². The third-order valence-electron chi connectivity index (χ3n) is 5.76. The van der Waals surface area contributed by atoms with Crippen LogP contribution in [0.15, 0.2) is 22.8 Å². The van der Waals surface area contributed by atoms with Crippen LogP contribution in [0.2, 0.25) is 0 Å². The third kappa shape index (κ3) is 4.42. The summed E-state index contributed by atoms with van der Waals surface area (Å²) in [6, 6.07) is 3.55. The van der Waals surface area contributed by atoms with Crippen molar-refractivity contribution < 1.29 is 14.0 Å². The van der Waals surface area contributed by atoms with E-state index in [9.17, 15) is 9.59 Å². The van der Waals surface area contributed by atoms with Crippen molar-refractivity contribution in [2.24, 2.45) is 11.1 Å². The van der Waals surface area contributed by atoms with Crippen molar-refractivity contribution in [2.75, 3.05) is 19.6 Å². The van der Waals surface area contributed by atoms with Gasteiger partial charge in [0, 0.05) is 25.6 Å². The first kappa shape index (κ1) is 18.0. The van der Waals surface area contributed by atoms with E-state index >= 15 is 0 Å². The summed E-state index contributed by atoms with van der Waals surface area (Å²) in [6.07, 6.45) is 9.36. The van der Waals surface area contributed by atoms with Crippen LogP contribution in [0.4, 0.5) is 0 Å². The second kappa shape index (κ2) is 8.04.